The zero-order valence-electron chi connectivity index (χ0n) is 17.1. The summed E-state index contributed by atoms with van der Waals surface area (Å²) in [7, 11) is 4.78. The first kappa shape index (κ1) is 30.3. The summed E-state index contributed by atoms with van der Waals surface area (Å²) in [5.74, 6) is -1.88. The minimum absolute atomic E-state index is 0.0651. The molecule has 0 aromatic heterocycles. The number of hydrogen-bond acceptors (Lipinski definition) is 9. The second-order valence-corrected chi connectivity index (χ2v) is 9.64. The molecule has 0 aliphatic rings. The van der Waals surface area contributed by atoms with Crippen molar-refractivity contribution >= 4 is 75.8 Å². The van der Waals surface area contributed by atoms with Crippen LogP contribution in [0.15, 0.2) is 0 Å². The van der Waals surface area contributed by atoms with Gasteiger partial charge in [0, 0.05) is 44.5 Å². The zero-order valence-corrected chi connectivity index (χ0v) is 20.4. The van der Waals surface area contributed by atoms with Gasteiger partial charge in [-0.15, -0.1) is 0 Å². The van der Waals surface area contributed by atoms with Crippen LogP contribution in [0.5, 0.6) is 0 Å². The summed E-state index contributed by atoms with van der Waals surface area (Å²) >= 11 is 5.17. The molecule has 0 saturated carbocycles. The Morgan fingerprint density at radius 1 is 1.17 bits per heavy atom. The molecule has 0 radical (unpaired) electrons. The molecule has 0 heterocycles. The van der Waals surface area contributed by atoms with Gasteiger partial charge < -0.3 is 20.1 Å². The number of carboxylic acid groups (broad SMARTS) is 1. The number of rotatable bonds is 15. The number of nitrogens with one attached hydrogen (secondary N) is 1. The van der Waals surface area contributed by atoms with E-state index < -0.39 is 22.9 Å². The average Bonchev–Trinajstić information content (AvgIpc) is 2.71. The number of hydrogen-bond donors (Lipinski definition) is 3. The molecule has 2 N–H and O–H groups in total. The maximum Gasteiger partial charge on any atom is 0.373 e. The molecule has 168 valence electrons. The van der Waals surface area contributed by atoms with Crippen LogP contribution in [0.3, 0.4) is 0 Å². The number of aldehydes is 1. The lowest BCUT2D eigenvalue weighted by atomic mass is 10.2. The first-order valence-corrected chi connectivity index (χ1v) is 13.2. The lowest BCUT2D eigenvalue weighted by molar-refractivity contribution is -0.149. The molecule has 0 spiro atoms. The largest absolute Gasteiger partial charge is 0.475 e. The number of ketones is 1. The van der Waals surface area contributed by atoms with E-state index in [1.54, 1.807) is 29.0 Å². The van der Waals surface area contributed by atoms with E-state index in [-0.39, 0.29) is 24.0 Å². The number of carbonyl (C=O) groups excluding carboxylic acids is 4. The molecule has 0 rings (SSSR count). The number of carboxylic acids is 1. The summed E-state index contributed by atoms with van der Waals surface area (Å²) in [4.78, 5) is 57.5. The second-order valence-electron chi connectivity index (χ2n) is 5.27. The van der Waals surface area contributed by atoms with E-state index in [9.17, 15) is 24.0 Å². The van der Waals surface area contributed by atoms with Gasteiger partial charge in [0.25, 0.3) is 5.78 Å². The molecule has 0 aromatic rings. The van der Waals surface area contributed by atoms with Gasteiger partial charge in [0.05, 0.1) is 10.5 Å². The maximum atomic E-state index is 12.1. The Morgan fingerprint density at radius 2 is 1.76 bits per heavy atom. The van der Waals surface area contributed by atoms with Gasteiger partial charge in [0.15, 0.2) is 0 Å². The van der Waals surface area contributed by atoms with Crippen LogP contribution in [0.2, 0.25) is 0 Å². The second kappa shape index (κ2) is 19.1. The standard InChI is InChI=1S/C15H24N2O6S4.C2H6/c1-17(14(21)11(25-2)3-6-18)5-8-27-26-7-4-16-12(19)9-10(24)13(20)15(22)23;1-2/h6,10-11,24H,3-5,7-9H2,1-2H3,(H,16,19)(H,22,23);1-2H3. The smallest absolute Gasteiger partial charge is 0.373 e. The van der Waals surface area contributed by atoms with Crippen molar-refractivity contribution in [2.75, 3.05) is 37.9 Å². The van der Waals surface area contributed by atoms with Crippen LogP contribution in [-0.4, -0.2) is 88.3 Å². The topological polar surface area (TPSA) is 121 Å². The molecule has 0 fully saturated rings. The molecule has 0 aliphatic heterocycles. The predicted molar refractivity (Wildman–Crippen MR) is 125 cm³/mol. The summed E-state index contributed by atoms with van der Waals surface area (Å²) < 4.78 is 0. The minimum atomic E-state index is -1.60. The molecule has 2 atom stereocenters. The molecule has 8 nitrogen and oxygen atoms in total. The minimum Gasteiger partial charge on any atom is -0.475 e. The quantitative estimate of drug-likeness (QED) is 0.104. The van der Waals surface area contributed by atoms with Crippen molar-refractivity contribution < 1.29 is 29.1 Å². The fourth-order valence-electron chi connectivity index (χ4n) is 1.75. The van der Waals surface area contributed by atoms with Gasteiger partial charge >= 0.3 is 5.97 Å². The third kappa shape index (κ3) is 14.7. The Hall–Kier alpha value is -0.850. The third-order valence-electron chi connectivity index (χ3n) is 3.24. The molecular formula is C17H30N2O6S4. The molecule has 0 saturated heterocycles. The van der Waals surface area contributed by atoms with Crippen LogP contribution in [0.25, 0.3) is 0 Å². The van der Waals surface area contributed by atoms with E-state index in [1.807, 2.05) is 13.8 Å². The number of carbonyl (C=O) groups is 5. The fraction of sp³-hybridized carbons (Fsp3) is 0.706. The van der Waals surface area contributed by atoms with Gasteiger partial charge in [-0.05, 0) is 6.26 Å². The highest BCUT2D eigenvalue weighted by Crippen LogP contribution is 2.20. The van der Waals surface area contributed by atoms with Crippen LogP contribution in [0.1, 0.15) is 26.7 Å². The monoisotopic (exact) mass is 486 g/mol. The predicted octanol–water partition coefficient (Wildman–Crippen LogP) is 1.63. The van der Waals surface area contributed by atoms with Crippen LogP contribution in [0, 0.1) is 0 Å². The molecule has 29 heavy (non-hydrogen) atoms. The Labute approximate surface area is 189 Å². The first-order valence-electron chi connectivity index (χ1n) is 8.92. The van der Waals surface area contributed by atoms with Crippen LogP contribution in [0.4, 0.5) is 0 Å². The van der Waals surface area contributed by atoms with Crippen molar-refractivity contribution in [1.29, 1.82) is 0 Å². The summed E-state index contributed by atoms with van der Waals surface area (Å²) in [5, 5.41) is 9.63. The first-order chi connectivity index (χ1) is 13.7. The van der Waals surface area contributed by atoms with Gasteiger partial charge in [-0.25, -0.2) is 4.79 Å². The molecule has 2 amide bonds. The molecular weight excluding hydrogens is 456 g/mol. The Morgan fingerprint density at radius 3 is 2.28 bits per heavy atom. The Kier molecular flexibility index (Phi) is 20.0. The maximum absolute atomic E-state index is 12.1. The van der Waals surface area contributed by atoms with E-state index in [0.29, 0.717) is 24.6 Å². The molecule has 2 unspecified atom stereocenters. The number of aliphatic carboxylic acids is 1. The lowest BCUT2D eigenvalue weighted by Crippen LogP contribution is -2.36. The average molecular weight is 487 g/mol. The summed E-state index contributed by atoms with van der Waals surface area (Å²) in [6, 6.07) is 0. The van der Waals surface area contributed by atoms with Crippen LogP contribution >= 0.6 is 46.0 Å². The SMILES string of the molecule is CC.CSC(CC=O)C(=O)N(C)CCSSCCNC(=O)CC(S)C(=O)C(=O)O. The number of amides is 2. The van der Waals surface area contributed by atoms with E-state index in [0.717, 1.165) is 6.29 Å². The summed E-state index contributed by atoms with van der Waals surface area (Å²) in [6.07, 6.45) is 2.47. The van der Waals surface area contributed by atoms with E-state index in [2.05, 4.69) is 17.9 Å². The van der Waals surface area contributed by atoms with Gasteiger partial charge in [-0.3, -0.25) is 14.4 Å². The van der Waals surface area contributed by atoms with E-state index in [1.165, 1.54) is 22.6 Å². The van der Waals surface area contributed by atoms with Crippen molar-refractivity contribution in [2.45, 2.75) is 37.2 Å². The van der Waals surface area contributed by atoms with E-state index in [4.69, 9.17) is 5.11 Å². The van der Waals surface area contributed by atoms with Crippen molar-refractivity contribution in [3.05, 3.63) is 0 Å². The summed E-state index contributed by atoms with van der Waals surface area (Å²) in [5.41, 5.74) is 0. The van der Waals surface area contributed by atoms with Gasteiger partial charge in [-0.2, -0.15) is 24.4 Å². The van der Waals surface area contributed by atoms with Gasteiger partial charge in [-0.1, -0.05) is 35.4 Å². The Balaban J connectivity index is 0. The zero-order chi connectivity index (χ0) is 22.8. The van der Waals surface area contributed by atoms with Crippen molar-refractivity contribution in [3.63, 3.8) is 0 Å². The molecule has 0 bridgehead atoms. The fourth-order valence-corrected chi connectivity index (χ4v) is 4.63. The summed E-state index contributed by atoms with van der Waals surface area (Å²) in [6.45, 7) is 4.93. The van der Waals surface area contributed by atoms with Crippen molar-refractivity contribution in [3.8, 4) is 0 Å². The number of nitrogens with zero attached hydrogens (tertiary/aromatic N) is 1. The number of thiol groups is 1. The molecule has 12 heteroatoms. The van der Waals surface area contributed by atoms with E-state index >= 15 is 0 Å². The molecule has 0 aromatic carbocycles. The lowest BCUT2D eigenvalue weighted by Gasteiger charge is -2.21. The molecule has 0 aliphatic carbocycles. The number of thioether (sulfide) groups is 1. The van der Waals surface area contributed by atoms with Crippen LogP contribution in [-0.2, 0) is 24.0 Å². The van der Waals surface area contributed by atoms with Gasteiger partial charge in [0.2, 0.25) is 11.8 Å². The normalized spacial score (nSPS) is 12.0. The third-order valence-corrected chi connectivity index (χ3v) is 7.01. The highest BCUT2D eigenvalue weighted by Gasteiger charge is 2.23. The van der Waals surface area contributed by atoms with Crippen molar-refractivity contribution in [2.24, 2.45) is 0 Å². The van der Waals surface area contributed by atoms with Gasteiger partial charge in [0.1, 0.15) is 6.29 Å². The number of Topliss-reactive ketones (excluding diaryl/α,β-unsaturated/α-hetero) is 1. The Bertz CT molecular complexity index is 536. The highest BCUT2D eigenvalue weighted by atomic mass is 33.1. The van der Waals surface area contributed by atoms with Crippen molar-refractivity contribution in [1.82, 2.24) is 10.2 Å². The highest BCUT2D eigenvalue weighted by molar-refractivity contribution is 8.76. The van der Waals surface area contributed by atoms with Crippen LogP contribution < -0.4 is 5.32 Å².